The molecule has 1 unspecified atom stereocenters. The summed E-state index contributed by atoms with van der Waals surface area (Å²) in [4.78, 5) is 2.53. The first-order chi connectivity index (χ1) is 6.84. The number of rotatable bonds is 6. The van der Waals surface area contributed by atoms with Crippen molar-refractivity contribution in [2.45, 2.75) is 32.2 Å². The van der Waals surface area contributed by atoms with Crippen LogP contribution in [0.15, 0.2) is 0 Å². The molecule has 1 fully saturated rings. The average molecular weight is 216 g/mol. The Kier molecular flexibility index (Phi) is 6.65. The SMILES string of the molecule is CCSCCCN(C)C1CCCNC1. The van der Waals surface area contributed by atoms with Gasteiger partial charge in [-0.2, -0.15) is 11.8 Å². The van der Waals surface area contributed by atoms with Crippen LogP contribution in [0, 0.1) is 0 Å². The molecule has 0 bridgehead atoms. The van der Waals surface area contributed by atoms with Crippen LogP contribution < -0.4 is 5.32 Å². The Balaban J connectivity index is 2.04. The summed E-state index contributed by atoms with van der Waals surface area (Å²) in [6.45, 7) is 5.91. The first kappa shape index (κ1) is 12.3. The normalized spacial score (nSPS) is 22.9. The second-order valence-electron chi connectivity index (χ2n) is 4.03. The molecule has 0 radical (unpaired) electrons. The van der Waals surface area contributed by atoms with E-state index in [2.05, 4.69) is 35.9 Å². The molecule has 0 spiro atoms. The summed E-state index contributed by atoms with van der Waals surface area (Å²) in [7, 11) is 2.27. The molecule has 0 amide bonds. The minimum absolute atomic E-state index is 0.787. The molecule has 1 saturated heterocycles. The van der Waals surface area contributed by atoms with E-state index < -0.39 is 0 Å². The van der Waals surface area contributed by atoms with Crippen LogP contribution in [0.5, 0.6) is 0 Å². The summed E-state index contributed by atoms with van der Waals surface area (Å²) in [5.74, 6) is 2.58. The highest BCUT2D eigenvalue weighted by Gasteiger charge is 2.16. The Bertz CT molecular complexity index is 135. The average Bonchev–Trinajstić information content (AvgIpc) is 2.25. The zero-order valence-corrected chi connectivity index (χ0v) is 10.4. The smallest absolute Gasteiger partial charge is 0.0218 e. The van der Waals surface area contributed by atoms with Gasteiger partial charge in [0.25, 0.3) is 0 Å². The lowest BCUT2D eigenvalue weighted by molar-refractivity contribution is 0.204. The van der Waals surface area contributed by atoms with Crippen LogP contribution in [0.25, 0.3) is 0 Å². The largest absolute Gasteiger partial charge is 0.315 e. The molecule has 2 nitrogen and oxygen atoms in total. The monoisotopic (exact) mass is 216 g/mol. The van der Waals surface area contributed by atoms with Crippen LogP contribution in [0.2, 0.25) is 0 Å². The fourth-order valence-corrected chi connectivity index (χ4v) is 2.57. The van der Waals surface area contributed by atoms with Gasteiger partial charge in [0.05, 0.1) is 0 Å². The van der Waals surface area contributed by atoms with E-state index in [1.54, 1.807) is 0 Å². The highest BCUT2D eigenvalue weighted by molar-refractivity contribution is 7.99. The maximum Gasteiger partial charge on any atom is 0.0218 e. The van der Waals surface area contributed by atoms with Gasteiger partial charge in [-0.1, -0.05) is 6.92 Å². The third-order valence-corrected chi connectivity index (χ3v) is 3.88. The molecule has 0 aromatic carbocycles. The standard InChI is InChI=1S/C11H24N2S/c1-3-14-9-5-8-13(2)11-6-4-7-12-10-11/h11-12H,3-10H2,1-2H3. The second-order valence-corrected chi connectivity index (χ2v) is 5.43. The van der Waals surface area contributed by atoms with E-state index in [1.807, 2.05) is 0 Å². The third-order valence-electron chi connectivity index (χ3n) is 2.90. The predicted octanol–water partition coefficient (Wildman–Crippen LogP) is 1.81. The summed E-state index contributed by atoms with van der Waals surface area (Å²) < 4.78 is 0. The Morgan fingerprint density at radius 1 is 1.50 bits per heavy atom. The molecule has 3 heteroatoms. The van der Waals surface area contributed by atoms with E-state index in [0.29, 0.717) is 0 Å². The highest BCUT2D eigenvalue weighted by atomic mass is 32.2. The van der Waals surface area contributed by atoms with Crippen molar-refractivity contribution in [3.63, 3.8) is 0 Å². The summed E-state index contributed by atoms with van der Waals surface area (Å²) in [5.41, 5.74) is 0. The molecular weight excluding hydrogens is 192 g/mol. The fourth-order valence-electron chi connectivity index (χ4n) is 1.95. The highest BCUT2D eigenvalue weighted by Crippen LogP contribution is 2.09. The summed E-state index contributed by atoms with van der Waals surface area (Å²) in [5, 5.41) is 3.47. The molecule has 0 aromatic rings. The van der Waals surface area contributed by atoms with Crippen molar-refractivity contribution < 1.29 is 0 Å². The van der Waals surface area contributed by atoms with Crippen molar-refractivity contribution in [3.8, 4) is 0 Å². The Labute approximate surface area is 92.8 Å². The first-order valence-electron chi connectivity index (χ1n) is 5.83. The van der Waals surface area contributed by atoms with Gasteiger partial charge in [0.1, 0.15) is 0 Å². The van der Waals surface area contributed by atoms with E-state index in [4.69, 9.17) is 0 Å². The first-order valence-corrected chi connectivity index (χ1v) is 6.98. The Hall–Kier alpha value is 0.270. The van der Waals surface area contributed by atoms with Crippen molar-refractivity contribution in [1.82, 2.24) is 10.2 Å². The number of likely N-dealkylation sites (N-methyl/N-ethyl adjacent to an activating group) is 1. The van der Waals surface area contributed by atoms with Crippen molar-refractivity contribution in [3.05, 3.63) is 0 Å². The van der Waals surface area contributed by atoms with E-state index in [1.165, 1.54) is 50.4 Å². The van der Waals surface area contributed by atoms with Crippen LogP contribution in [-0.4, -0.2) is 49.1 Å². The molecule has 0 saturated carbocycles. The van der Waals surface area contributed by atoms with Gasteiger partial charge in [0.2, 0.25) is 0 Å². The molecule has 0 aliphatic carbocycles. The minimum Gasteiger partial charge on any atom is -0.315 e. The topological polar surface area (TPSA) is 15.3 Å². The van der Waals surface area contributed by atoms with Crippen molar-refractivity contribution >= 4 is 11.8 Å². The third kappa shape index (κ3) is 4.67. The van der Waals surface area contributed by atoms with Gasteiger partial charge in [0.15, 0.2) is 0 Å². The summed E-state index contributed by atoms with van der Waals surface area (Å²) >= 11 is 2.05. The van der Waals surface area contributed by atoms with Gasteiger partial charge in [0, 0.05) is 12.6 Å². The number of nitrogens with one attached hydrogen (secondary N) is 1. The molecule has 0 aromatic heterocycles. The lowest BCUT2D eigenvalue weighted by Gasteiger charge is -2.31. The molecule has 14 heavy (non-hydrogen) atoms. The zero-order valence-electron chi connectivity index (χ0n) is 9.59. The van der Waals surface area contributed by atoms with E-state index in [-0.39, 0.29) is 0 Å². The maximum absolute atomic E-state index is 3.47. The van der Waals surface area contributed by atoms with Gasteiger partial charge in [-0.25, -0.2) is 0 Å². The minimum atomic E-state index is 0.787. The second kappa shape index (κ2) is 7.55. The molecular formula is C11H24N2S. The quantitative estimate of drug-likeness (QED) is 0.682. The number of nitrogens with zero attached hydrogens (tertiary/aromatic N) is 1. The van der Waals surface area contributed by atoms with Gasteiger partial charge < -0.3 is 10.2 Å². The van der Waals surface area contributed by atoms with Crippen molar-refractivity contribution in [1.29, 1.82) is 0 Å². The van der Waals surface area contributed by atoms with Crippen LogP contribution in [0.3, 0.4) is 0 Å². The molecule has 1 rings (SSSR count). The predicted molar refractivity (Wildman–Crippen MR) is 66.1 cm³/mol. The fraction of sp³-hybridized carbons (Fsp3) is 1.00. The molecule has 1 atom stereocenters. The summed E-state index contributed by atoms with van der Waals surface area (Å²) in [6.07, 6.45) is 4.06. The molecule has 1 aliphatic heterocycles. The van der Waals surface area contributed by atoms with Gasteiger partial charge in [-0.3, -0.25) is 0 Å². The van der Waals surface area contributed by atoms with Crippen molar-refractivity contribution in [2.75, 3.05) is 38.2 Å². The number of hydrogen-bond donors (Lipinski definition) is 1. The molecule has 1 heterocycles. The maximum atomic E-state index is 3.47. The lowest BCUT2D eigenvalue weighted by atomic mass is 10.1. The number of piperidine rings is 1. The van der Waals surface area contributed by atoms with Crippen LogP contribution in [0.1, 0.15) is 26.2 Å². The Morgan fingerprint density at radius 2 is 2.36 bits per heavy atom. The van der Waals surface area contributed by atoms with Crippen LogP contribution >= 0.6 is 11.8 Å². The molecule has 84 valence electrons. The lowest BCUT2D eigenvalue weighted by Crippen LogP contribution is -2.44. The van der Waals surface area contributed by atoms with Crippen LogP contribution in [-0.2, 0) is 0 Å². The molecule has 1 aliphatic rings. The Morgan fingerprint density at radius 3 is 3.00 bits per heavy atom. The van der Waals surface area contributed by atoms with Gasteiger partial charge in [-0.05, 0) is 50.9 Å². The van der Waals surface area contributed by atoms with E-state index in [0.717, 1.165) is 6.04 Å². The number of thioether (sulfide) groups is 1. The molecule has 1 N–H and O–H groups in total. The zero-order chi connectivity index (χ0) is 10.2. The van der Waals surface area contributed by atoms with E-state index in [9.17, 15) is 0 Å². The van der Waals surface area contributed by atoms with Crippen LogP contribution in [0.4, 0.5) is 0 Å². The van der Waals surface area contributed by atoms with E-state index >= 15 is 0 Å². The van der Waals surface area contributed by atoms with Gasteiger partial charge >= 0.3 is 0 Å². The number of hydrogen-bond acceptors (Lipinski definition) is 3. The van der Waals surface area contributed by atoms with Gasteiger partial charge in [-0.15, -0.1) is 0 Å². The van der Waals surface area contributed by atoms with Crippen molar-refractivity contribution in [2.24, 2.45) is 0 Å². The summed E-state index contributed by atoms with van der Waals surface area (Å²) in [6, 6.07) is 0.787.